The minimum atomic E-state index is -3.49. The maximum absolute atomic E-state index is 12.4. The van der Waals surface area contributed by atoms with Gasteiger partial charge in [0.25, 0.3) is 0 Å². The predicted molar refractivity (Wildman–Crippen MR) is 95.3 cm³/mol. The van der Waals surface area contributed by atoms with Gasteiger partial charge in [0.15, 0.2) is 0 Å². The number of aryl methyl sites for hydroxylation is 1. The van der Waals surface area contributed by atoms with Gasteiger partial charge in [-0.3, -0.25) is 4.98 Å². The maximum atomic E-state index is 12.4. The molecule has 1 fully saturated rings. The number of pyridine rings is 1. The Balaban J connectivity index is 1.66. The number of aromatic nitrogens is 1. The molecule has 0 aliphatic heterocycles. The summed E-state index contributed by atoms with van der Waals surface area (Å²) in [6.45, 7) is 2.15. The van der Waals surface area contributed by atoms with Crippen LogP contribution < -0.4 is 4.72 Å². The molecule has 0 radical (unpaired) electrons. The normalized spacial score (nSPS) is 16.2. The van der Waals surface area contributed by atoms with E-state index in [1.807, 2.05) is 31.2 Å². The number of nitrogens with zero attached hydrogens (tertiary/aromatic N) is 1. The Kier molecular flexibility index (Phi) is 5.31. The Morgan fingerprint density at radius 3 is 2.38 bits per heavy atom. The van der Waals surface area contributed by atoms with Crippen LogP contribution in [-0.4, -0.2) is 13.4 Å². The molecule has 0 amide bonds. The summed E-state index contributed by atoms with van der Waals surface area (Å²) in [5.74, 6) is 0.585. The van der Waals surface area contributed by atoms with E-state index in [1.165, 1.54) is 37.7 Å². The van der Waals surface area contributed by atoms with Gasteiger partial charge in [-0.2, -0.15) is 0 Å². The highest BCUT2D eigenvalue weighted by Gasteiger charge is 2.18. The molecule has 0 saturated heterocycles. The van der Waals surface area contributed by atoms with E-state index in [9.17, 15) is 8.42 Å². The van der Waals surface area contributed by atoms with E-state index in [-0.39, 0.29) is 6.54 Å². The third-order valence-electron chi connectivity index (χ3n) is 4.71. The Hall–Kier alpha value is -1.72. The van der Waals surface area contributed by atoms with Crippen molar-refractivity contribution in [1.29, 1.82) is 0 Å². The SMILES string of the molecule is Cc1ccc(CNS(=O)(=O)c2ccc(C3CCCCC3)cc2)cn1. The Morgan fingerprint density at radius 1 is 1.04 bits per heavy atom. The topological polar surface area (TPSA) is 59.1 Å². The first-order valence-corrected chi connectivity index (χ1v) is 10.0. The summed E-state index contributed by atoms with van der Waals surface area (Å²) >= 11 is 0. The van der Waals surface area contributed by atoms with Crippen molar-refractivity contribution in [1.82, 2.24) is 9.71 Å². The molecule has 0 bridgehead atoms. The van der Waals surface area contributed by atoms with Crippen LogP contribution in [0.4, 0.5) is 0 Å². The van der Waals surface area contributed by atoms with E-state index in [0.29, 0.717) is 10.8 Å². The van der Waals surface area contributed by atoms with E-state index < -0.39 is 10.0 Å². The highest BCUT2D eigenvalue weighted by Crippen LogP contribution is 2.32. The Bertz CT molecular complexity index is 762. The van der Waals surface area contributed by atoms with Gasteiger partial charge in [-0.1, -0.05) is 37.5 Å². The van der Waals surface area contributed by atoms with Crippen molar-refractivity contribution in [2.45, 2.75) is 56.4 Å². The third-order valence-corrected chi connectivity index (χ3v) is 6.12. The predicted octanol–water partition coefficient (Wildman–Crippen LogP) is 3.92. The van der Waals surface area contributed by atoms with Crippen LogP contribution in [0.1, 0.15) is 54.8 Å². The van der Waals surface area contributed by atoms with E-state index in [4.69, 9.17) is 0 Å². The van der Waals surface area contributed by atoms with Crippen molar-refractivity contribution in [3.05, 3.63) is 59.4 Å². The zero-order chi connectivity index (χ0) is 17.0. The molecule has 1 aliphatic rings. The van der Waals surface area contributed by atoms with Crippen molar-refractivity contribution < 1.29 is 8.42 Å². The average molecular weight is 344 g/mol. The third kappa shape index (κ3) is 4.22. The lowest BCUT2D eigenvalue weighted by atomic mass is 9.84. The quantitative estimate of drug-likeness (QED) is 0.894. The van der Waals surface area contributed by atoms with Crippen LogP contribution >= 0.6 is 0 Å². The van der Waals surface area contributed by atoms with Gasteiger partial charge in [0.1, 0.15) is 0 Å². The number of sulfonamides is 1. The largest absolute Gasteiger partial charge is 0.261 e. The van der Waals surface area contributed by atoms with Crippen molar-refractivity contribution in [2.75, 3.05) is 0 Å². The molecule has 0 unspecified atom stereocenters. The smallest absolute Gasteiger partial charge is 0.240 e. The highest BCUT2D eigenvalue weighted by atomic mass is 32.2. The second kappa shape index (κ2) is 7.45. The molecule has 5 heteroatoms. The summed E-state index contributed by atoms with van der Waals surface area (Å²) in [6, 6.07) is 11.1. The molecule has 1 aliphatic carbocycles. The van der Waals surface area contributed by atoms with Crippen LogP contribution in [0.3, 0.4) is 0 Å². The number of rotatable bonds is 5. The first kappa shape index (κ1) is 17.1. The molecule has 128 valence electrons. The molecule has 24 heavy (non-hydrogen) atoms. The molecule has 1 heterocycles. The molecule has 0 atom stereocenters. The lowest BCUT2D eigenvalue weighted by Crippen LogP contribution is -2.23. The lowest BCUT2D eigenvalue weighted by molar-refractivity contribution is 0.443. The monoisotopic (exact) mass is 344 g/mol. The number of hydrogen-bond acceptors (Lipinski definition) is 3. The van der Waals surface area contributed by atoms with Crippen molar-refractivity contribution in [2.24, 2.45) is 0 Å². The molecule has 1 aromatic heterocycles. The molecule has 4 nitrogen and oxygen atoms in total. The highest BCUT2D eigenvalue weighted by molar-refractivity contribution is 7.89. The minimum Gasteiger partial charge on any atom is -0.261 e. The van der Waals surface area contributed by atoms with Gasteiger partial charge >= 0.3 is 0 Å². The zero-order valence-corrected chi connectivity index (χ0v) is 14.8. The van der Waals surface area contributed by atoms with Crippen molar-refractivity contribution in [3.63, 3.8) is 0 Å². The van der Waals surface area contributed by atoms with Crippen LogP contribution in [0.2, 0.25) is 0 Å². The lowest BCUT2D eigenvalue weighted by Gasteiger charge is -2.22. The molecular formula is C19H24N2O2S. The number of hydrogen-bond donors (Lipinski definition) is 1. The average Bonchev–Trinajstić information content (AvgIpc) is 2.62. The van der Waals surface area contributed by atoms with Crippen LogP contribution in [0.25, 0.3) is 0 Å². The van der Waals surface area contributed by atoms with Crippen LogP contribution in [-0.2, 0) is 16.6 Å². The van der Waals surface area contributed by atoms with Crippen LogP contribution in [0.15, 0.2) is 47.5 Å². The fraction of sp³-hybridized carbons (Fsp3) is 0.421. The fourth-order valence-electron chi connectivity index (χ4n) is 3.22. The summed E-state index contributed by atoms with van der Waals surface area (Å²) in [7, 11) is -3.49. The summed E-state index contributed by atoms with van der Waals surface area (Å²) in [5.41, 5.74) is 3.03. The first-order valence-electron chi connectivity index (χ1n) is 8.56. The second-order valence-corrected chi connectivity index (χ2v) is 8.30. The number of benzene rings is 1. The molecule has 0 spiro atoms. The summed E-state index contributed by atoms with van der Waals surface area (Å²) in [5, 5.41) is 0. The summed E-state index contributed by atoms with van der Waals surface area (Å²) < 4.78 is 27.5. The van der Waals surface area contributed by atoms with Gasteiger partial charge < -0.3 is 0 Å². The molecular weight excluding hydrogens is 320 g/mol. The maximum Gasteiger partial charge on any atom is 0.240 e. The Labute approximate surface area is 144 Å². The van der Waals surface area contributed by atoms with E-state index in [0.717, 1.165) is 11.3 Å². The summed E-state index contributed by atoms with van der Waals surface area (Å²) in [4.78, 5) is 4.50. The van der Waals surface area contributed by atoms with Gasteiger partial charge in [0.2, 0.25) is 10.0 Å². The first-order chi connectivity index (χ1) is 11.5. The minimum absolute atomic E-state index is 0.250. The van der Waals surface area contributed by atoms with Crippen LogP contribution in [0, 0.1) is 6.92 Å². The van der Waals surface area contributed by atoms with Gasteiger partial charge in [0, 0.05) is 18.4 Å². The van der Waals surface area contributed by atoms with E-state index in [2.05, 4.69) is 9.71 Å². The molecule has 1 saturated carbocycles. The molecule has 1 aromatic carbocycles. The van der Waals surface area contributed by atoms with Gasteiger partial charge in [-0.15, -0.1) is 0 Å². The number of nitrogens with one attached hydrogen (secondary N) is 1. The molecule has 3 rings (SSSR count). The van der Waals surface area contributed by atoms with Crippen molar-refractivity contribution >= 4 is 10.0 Å². The second-order valence-electron chi connectivity index (χ2n) is 6.54. The van der Waals surface area contributed by atoms with Crippen LogP contribution in [0.5, 0.6) is 0 Å². The fourth-order valence-corrected chi connectivity index (χ4v) is 4.24. The molecule has 2 aromatic rings. The zero-order valence-electron chi connectivity index (χ0n) is 14.0. The van der Waals surface area contributed by atoms with Crippen molar-refractivity contribution in [3.8, 4) is 0 Å². The van der Waals surface area contributed by atoms with Gasteiger partial charge in [-0.25, -0.2) is 13.1 Å². The van der Waals surface area contributed by atoms with Gasteiger partial charge in [0.05, 0.1) is 4.90 Å². The standard InChI is InChI=1S/C19H24N2O2S/c1-15-7-8-16(13-20-15)14-21-24(22,23)19-11-9-18(10-12-19)17-5-3-2-4-6-17/h7-13,17,21H,2-6,14H2,1H3. The van der Waals surface area contributed by atoms with E-state index >= 15 is 0 Å². The summed E-state index contributed by atoms with van der Waals surface area (Å²) in [6.07, 6.45) is 7.99. The van der Waals surface area contributed by atoms with Gasteiger partial charge in [-0.05, 0) is 55.0 Å². The van der Waals surface area contributed by atoms with E-state index in [1.54, 1.807) is 18.3 Å². The molecule has 1 N–H and O–H groups in total. The Morgan fingerprint density at radius 2 is 1.75 bits per heavy atom.